The second-order valence-electron chi connectivity index (χ2n) is 7.29. The zero-order valence-electron chi connectivity index (χ0n) is 15.1. The Bertz CT molecular complexity index is 419. The van der Waals surface area contributed by atoms with Gasteiger partial charge in [0.15, 0.2) is 0 Å². The molecule has 0 saturated carbocycles. The van der Waals surface area contributed by atoms with E-state index in [9.17, 15) is 5.11 Å². The molecule has 1 fully saturated rings. The molecule has 1 unspecified atom stereocenters. The van der Waals surface area contributed by atoms with Crippen molar-refractivity contribution < 1.29 is 5.11 Å². The number of hydrogen-bond donors (Lipinski definition) is 1. The molecule has 1 aliphatic heterocycles. The molecule has 130 valence electrons. The molecule has 23 heavy (non-hydrogen) atoms. The van der Waals surface area contributed by atoms with Crippen molar-refractivity contribution in [1.82, 2.24) is 4.90 Å². The van der Waals surface area contributed by atoms with Crippen molar-refractivity contribution in [2.24, 2.45) is 0 Å². The Morgan fingerprint density at radius 3 is 2.35 bits per heavy atom. The van der Waals surface area contributed by atoms with E-state index in [0.717, 1.165) is 12.8 Å². The predicted molar refractivity (Wildman–Crippen MR) is 98.7 cm³/mol. The van der Waals surface area contributed by atoms with Gasteiger partial charge < -0.3 is 5.11 Å². The first kappa shape index (κ1) is 18.5. The van der Waals surface area contributed by atoms with Gasteiger partial charge in [-0.15, -0.1) is 0 Å². The van der Waals surface area contributed by atoms with E-state index in [1.54, 1.807) is 0 Å². The molecule has 1 saturated heterocycles. The molecule has 1 aliphatic rings. The van der Waals surface area contributed by atoms with Gasteiger partial charge >= 0.3 is 0 Å². The van der Waals surface area contributed by atoms with E-state index in [2.05, 4.69) is 49.2 Å². The summed E-state index contributed by atoms with van der Waals surface area (Å²) in [6.45, 7) is 2.27. The van der Waals surface area contributed by atoms with Crippen LogP contribution < -0.4 is 0 Å². The highest BCUT2D eigenvalue weighted by Crippen LogP contribution is 2.29. The summed E-state index contributed by atoms with van der Waals surface area (Å²) in [5.74, 6) is 0. The molecular formula is C21H35NO. The minimum Gasteiger partial charge on any atom is -0.391 e. The van der Waals surface area contributed by atoms with Gasteiger partial charge in [0, 0.05) is 12.1 Å². The number of hydrogen-bond acceptors (Lipinski definition) is 2. The van der Waals surface area contributed by atoms with Crippen LogP contribution >= 0.6 is 0 Å². The maximum Gasteiger partial charge on any atom is 0.0713 e. The maximum absolute atomic E-state index is 10.4. The topological polar surface area (TPSA) is 23.5 Å². The van der Waals surface area contributed by atoms with E-state index < -0.39 is 0 Å². The van der Waals surface area contributed by atoms with Crippen molar-refractivity contribution >= 4 is 0 Å². The van der Waals surface area contributed by atoms with Gasteiger partial charge in [-0.3, -0.25) is 4.90 Å². The first-order valence-electron chi connectivity index (χ1n) is 9.66. The minimum atomic E-state index is -0.172. The summed E-state index contributed by atoms with van der Waals surface area (Å²) in [5.41, 5.74) is 1.33. The van der Waals surface area contributed by atoms with Gasteiger partial charge in [0.2, 0.25) is 0 Å². The Balaban J connectivity index is 1.69. The van der Waals surface area contributed by atoms with Gasteiger partial charge in [0.1, 0.15) is 0 Å². The van der Waals surface area contributed by atoms with Crippen molar-refractivity contribution in [1.29, 1.82) is 0 Å². The third-order valence-corrected chi connectivity index (χ3v) is 5.49. The lowest BCUT2D eigenvalue weighted by molar-refractivity contribution is 0.123. The third kappa shape index (κ3) is 5.93. The van der Waals surface area contributed by atoms with E-state index >= 15 is 0 Å². The van der Waals surface area contributed by atoms with Gasteiger partial charge in [-0.1, -0.05) is 82.2 Å². The molecule has 1 aromatic carbocycles. The van der Waals surface area contributed by atoms with Crippen molar-refractivity contribution in [2.75, 3.05) is 7.05 Å². The smallest absolute Gasteiger partial charge is 0.0713 e. The van der Waals surface area contributed by atoms with Gasteiger partial charge in [-0.2, -0.15) is 0 Å². The molecule has 0 aliphatic carbocycles. The fourth-order valence-electron chi connectivity index (χ4n) is 3.94. The fourth-order valence-corrected chi connectivity index (χ4v) is 3.94. The van der Waals surface area contributed by atoms with E-state index in [1.165, 1.54) is 56.9 Å². The molecule has 0 spiro atoms. The van der Waals surface area contributed by atoms with Gasteiger partial charge in [0.05, 0.1) is 6.10 Å². The molecule has 0 bridgehead atoms. The van der Waals surface area contributed by atoms with Crippen LogP contribution in [0.3, 0.4) is 0 Å². The highest BCUT2D eigenvalue weighted by atomic mass is 16.3. The molecule has 2 rings (SSSR count). The number of benzene rings is 1. The number of likely N-dealkylation sites (N-methyl/N-ethyl adjacent to an activating group) is 1. The number of unbranched alkanes of at least 4 members (excludes halogenated alkanes) is 6. The highest BCUT2D eigenvalue weighted by Gasteiger charge is 2.37. The lowest BCUT2D eigenvalue weighted by Gasteiger charge is -2.26. The van der Waals surface area contributed by atoms with E-state index in [1.807, 2.05) is 0 Å². The maximum atomic E-state index is 10.4. The summed E-state index contributed by atoms with van der Waals surface area (Å²) in [6, 6.07) is 11.4. The van der Waals surface area contributed by atoms with E-state index in [4.69, 9.17) is 0 Å². The Morgan fingerprint density at radius 2 is 1.65 bits per heavy atom. The minimum absolute atomic E-state index is 0.172. The van der Waals surface area contributed by atoms with Crippen molar-refractivity contribution in [3.63, 3.8) is 0 Å². The van der Waals surface area contributed by atoms with Crippen LogP contribution in [0.1, 0.15) is 70.3 Å². The van der Waals surface area contributed by atoms with Crippen LogP contribution in [0, 0.1) is 0 Å². The number of aliphatic hydroxyl groups is 1. The van der Waals surface area contributed by atoms with Crippen molar-refractivity contribution in [2.45, 2.75) is 89.3 Å². The summed E-state index contributed by atoms with van der Waals surface area (Å²) in [4.78, 5) is 2.44. The van der Waals surface area contributed by atoms with Gasteiger partial charge in [0.25, 0.3) is 0 Å². The Morgan fingerprint density at radius 1 is 1.00 bits per heavy atom. The van der Waals surface area contributed by atoms with Crippen molar-refractivity contribution in [3.8, 4) is 0 Å². The predicted octanol–water partition coefficient (Wildman–Crippen LogP) is 4.80. The number of nitrogens with zero attached hydrogens (tertiary/aromatic N) is 1. The van der Waals surface area contributed by atoms with Crippen LogP contribution in [0.4, 0.5) is 0 Å². The molecule has 1 aromatic rings. The molecule has 1 N–H and O–H groups in total. The lowest BCUT2D eigenvalue weighted by atomic mass is 10.0. The Hall–Kier alpha value is -0.860. The second-order valence-corrected chi connectivity index (χ2v) is 7.29. The van der Waals surface area contributed by atoms with E-state index in [-0.39, 0.29) is 12.1 Å². The van der Waals surface area contributed by atoms with Gasteiger partial charge in [-0.25, -0.2) is 0 Å². The van der Waals surface area contributed by atoms with Crippen LogP contribution in [-0.2, 0) is 6.42 Å². The van der Waals surface area contributed by atoms with Crippen LogP contribution in [0.25, 0.3) is 0 Å². The molecule has 2 nitrogen and oxygen atoms in total. The molecule has 1 heterocycles. The van der Waals surface area contributed by atoms with Crippen LogP contribution in [0.15, 0.2) is 30.3 Å². The average Bonchev–Trinajstić information content (AvgIpc) is 2.83. The summed E-state index contributed by atoms with van der Waals surface area (Å²) < 4.78 is 0. The molecule has 2 heteroatoms. The fraction of sp³-hybridized carbons (Fsp3) is 0.714. The zero-order valence-corrected chi connectivity index (χ0v) is 15.1. The zero-order chi connectivity index (χ0) is 16.5. The third-order valence-electron chi connectivity index (χ3n) is 5.49. The normalized spacial score (nSPS) is 25.1. The van der Waals surface area contributed by atoms with Crippen molar-refractivity contribution in [3.05, 3.63) is 35.9 Å². The largest absolute Gasteiger partial charge is 0.391 e. The number of rotatable bonds is 10. The lowest BCUT2D eigenvalue weighted by Crippen LogP contribution is -2.37. The SMILES string of the molecule is CCCCCCCCCC1C[C@@H](O)[C@H](Cc2ccccc2)N1C. The number of aliphatic hydroxyl groups excluding tert-OH is 1. The van der Waals surface area contributed by atoms with Crippen LogP contribution in [0.2, 0.25) is 0 Å². The number of likely N-dealkylation sites (tertiary alicyclic amines) is 1. The first-order valence-corrected chi connectivity index (χ1v) is 9.66. The van der Waals surface area contributed by atoms with Crippen LogP contribution in [0.5, 0.6) is 0 Å². The summed E-state index contributed by atoms with van der Waals surface area (Å²) in [5, 5.41) is 10.4. The average molecular weight is 318 g/mol. The standard InChI is InChI=1S/C21H35NO/c1-3-4-5-6-7-8-12-15-19-17-21(23)20(22(19)2)16-18-13-10-9-11-14-18/h9-11,13-14,19-21,23H,3-8,12,15-17H2,1-2H3/t19?,20-,21+/m0/s1. The molecule has 0 aromatic heterocycles. The Kier molecular flexibility index (Phi) is 8.11. The molecule has 0 amide bonds. The highest BCUT2D eigenvalue weighted by molar-refractivity contribution is 5.17. The monoisotopic (exact) mass is 317 g/mol. The summed E-state index contributed by atoms with van der Waals surface area (Å²) in [6.07, 6.45) is 12.5. The second kappa shape index (κ2) is 10.1. The summed E-state index contributed by atoms with van der Waals surface area (Å²) in [7, 11) is 2.20. The van der Waals surface area contributed by atoms with Gasteiger partial charge in [-0.05, 0) is 31.9 Å². The quantitative estimate of drug-likeness (QED) is 0.626. The molecular weight excluding hydrogens is 282 g/mol. The van der Waals surface area contributed by atoms with E-state index in [0.29, 0.717) is 6.04 Å². The van der Waals surface area contributed by atoms with Crippen LogP contribution in [-0.4, -0.2) is 35.2 Å². The Labute approximate surface area is 142 Å². The summed E-state index contributed by atoms with van der Waals surface area (Å²) >= 11 is 0. The first-order chi connectivity index (χ1) is 11.2. The molecule has 0 radical (unpaired) electrons. The molecule has 3 atom stereocenters.